The van der Waals surface area contributed by atoms with E-state index in [1.54, 1.807) is 29.3 Å². The molecule has 1 saturated heterocycles. The van der Waals surface area contributed by atoms with Crippen LogP contribution in [0.2, 0.25) is 0 Å². The molecule has 8 heteroatoms. The van der Waals surface area contributed by atoms with Crippen molar-refractivity contribution in [3.8, 4) is 5.82 Å². The van der Waals surface area contributed by atoms with Gasteiger partial charge in [0.1, 0.15) is 17.8 Å². The number of likely N-dealkylation sites (tertiary alicyclic amines) is 1. The predicted molar refractivity (Wildman–Crippen MR) is 102 cm³/mol. The fourth-order valence-corrected chi connectivity index (χ4v) is 4.38. The molecule has 1 fully saturated rings. The van der Waals surface area contributed by atoms with E-state index >= 15 is 0 Å². The van der Waals surface area contributed by atoms with Crippen molar-refractivity contribution in [2.24, 2.45) is 0 Å². The number of aromatic nitrogens is 5. The van der Waals surface area contributed by atoms with E-state index in [9.17, 15) is 4.79 Å². The first kappa shape index (κ1) is 17.4. The number of hydrogen-bond donors (Lipinski definition) is 0. The van der Waals surface area contributed by atoms with Crippen LogP contribution in [-0.2, 0) is 25.9 Å². The van der Waals surface area contributed by atoms with E-state index in [0.717, 1.165) is 50.2 Å². The normalized spacial score (nSPS) is 19.8. The minimum Gasteiger partial charge on any atom is -0.361 e. The van der Waals surface area contributed by atoms with Gasteiger partial charge in [-0.1, -0.05) is 5.16 Å². The third-order valence-electron chi connectivity index (χ3n) is 5.89. The van der Waals surface area contributed by atoms with E-state index in [1.807, 2.05) is 10.8 Å². The monoisotopic (exact) mass is 380 g/mol. The van der Waals surface area contributed by atoms with Gasteiger partial charge in [0.2, 0.25) is 0 Å². The van der Waals surface area contributed by atoms with E-state index in [2.05, 4.69) is 20.1 Å². The van der Waals surface area contributed by atoms with Crippen molar-refractivity contribution in [1.29, 1.82) is 0 Å². The molecule has 3 aromatic rings. The molecule has 0 N–H and O–H groups in total. The molecule has 0 saturated carbocycles. The first-order valence-corrected chi connectivity index (χ1v) is 10.0. The summed E-state index contributed by atoms with van der Waals surface area (Å²) in [5.41, 5.74) is 2.32. The summed E-state index contributed by atoms with van der Waals surface area (Å²) < 4.78 is 8.96. The SMILES string of the molecule is O=c1ccc(-n2ccnc2)nn1CC1CCCN1Cc1noc2c1CCCC2. The summed E-state index contributed by atoms with van der Waals surface area (Å²) in [7, 11) is 0. The highest BCUT2D eigenvalue weighted by Crippen LogP contribution is 2.27. The molecule has 0 aromatic carbocycles. The fraction of sp³-hybridized carbons (Fsp3) is 0.500. The number of aryl methyl sites for hydroxylation is 1. The zero-order chi connectivity index (χ0) is 18.9. The van der Waals surface area contributed by atoms with Crippen LogP contribution in [0.15, 0.2) is 40.2 Å². The molecule has 1 atom stereocenters. The third-order valence-corrected chi connectivity index (χ3v) is 5.89. The lowest BCUT2D eigenvalue weighted by atomic mass is 9.96. The summed E-state index contributed by atoms with van der Waals surface area (Å²) >= 11 is 0. The molecule has 4 heterocycles. The lowest BCUT2D eigenvalue weighted by molar-refractivity contribution is 0.210. The highest BCUT2D eigenvalue weighted by atomic mass is 16.5. The van der Waals surface area contributed by atoms with Crippen LogP contribution in [0, 0.1) is 0 Å². The van der Waals surface area contributed by atoms with Crippen LogP contribution in [0.1, 0.15) is 42.7 Å². The zero-order valence-electron chi connectivity index (χ0n) is 15.8. The van der Waals surface area contributed by atoms with Crippen molar-refractivity contribution in [2.45, 2.75) is 57.7 Å². The van der Waals surface area contributed by atoms with Gasteiger partial charge >= 0.3 is 0 Å². The van der Waals surface area contributed by atoms with E-state index in [-0.39, 0.29) is 11.6 Å². The average Bonchev–Trinajstić information content (AvgIpc) is 3.46. The molecule has 0 radical (unpaired) electrons. The maximum Gasteiger partial charge on any atom is 0.266 e. The van der Waals surface area contributed by atoms with E-state index < -0.39 is 0 Å². The van der Waals surface area contributed by atoms with Gasteiger partial charge < -0.3 is 4.52 Å². The molecule has 1 aliphatic heterocycles. The van der Waals surface area contributed by atoms with Crippen LogP contribution < -0.4 is 5.56 Å². The topological polar surface area (TPSA) is 82.0 Å². The van der Waals surface area contributed by atoms with E-state index in [1.165, 1.54) is 18.4 Å². The Bertz CT molecular complexity index is 1010. The lowest BCUT2D eigenvalue weighted by Gasteiger charge is -2.24. The second-order valence-corrected chi connectivity index (χ2v) is 7.69. The molecule has 2 aliphatic rings. The molecular formula is C20H24N6O2. The van der Waals surface area contributed by atoms with Crippen LogP contribution in [0.4, 0.5) is 0 Å². The second kappa shape index (κ2) is 7.35. The van der Waals surface area contributed by atoms with Crippen LogP contribution in [0.25, 0.3) is 5.82 Å². The fourth-order valence-electron chi connectivity index (χ4n) is 4.38. The maximum atomic E-state index is 12.4. The molecule has 5 rings (SSSR count). The Hall–Kier alpha value is -2.74. The summed E-state index contributed by atoms with van der Waals surface area (Å²) in [6.07, 6.45) is 11.9. The highest BCUT2D eigenvalue weighted by Gasteiger charge is 2.28. The first-order valence-electron chi connectivity index (χ1n) is 10.0. The lowest BCUT2D eigenvalue weighted by Crippen LogP contribution is -2.37. The van der Waals surface area contributed by atoms with Crippen molar-refractivity contribution in [2.75, 3.05) is 6.54 Å². The van der Waals surface area contributed by atoms with Crippen molar-refractivity contribution < 1.29 is 4.52 Å². The predicted octanol–water partition coefficient (Wildman–Crippen LogP) is 1.96. The quantitative estimate of drug-likeness (QED) is 0.673. The van der Waals surface area contributed by atoms with Crippen molar-refractivity contribution in [3.63, 3.8) is 0 Å². The van der Waals surface area contributed by atoms with E-state index in [0.29, 0.717) is 12.4 Å². The molecule has 0 bridgehead atoms. The third kappa shape index (κ3) is 3.28. The number of imidazole rings is 1. The Labute approximate surface area is 162 Å². The van der Waals surface area contributed by atoms with Gasteiger partial charge in [-0.3, -0.25) is 14.3 Å². The van der Waals surface area contributed by atoms with Gasteiger partial charge in [0.25, 0.3) is 5.56 Å². The van der Waals surface area contributed by atoms with Crippen molar-refractivity contribution >= 4 is 0 Å². The summed E-state index contributed by atoms with van der Waals surface area (Å²) in [6, 6.07) is 3.59. The largest absolute Gasteiger partial charge is 0.361 e. The Morgan fingerprint density at radius 2 is 2.11 bits per heavy atom. The minimum absolute atomic E-state index is 0.0745. The van der Waals surface area contributed by atoms with Gasteiger partial charge in [-0.2, -0.15) is 5.10 Å². The Morgan fingerprint density at radius 3 is 3.00 bits per heavy atom. The number of fused-ring (bicyclic) bond motifs is 1. The van der Waals surface area contributed by atoms with Crippen LogP contribution in [0.3, 0.4) is 0 Å². The smallest absolute Gasteiger partial charge is 0.266 e. The Balaban J connectivity index is 1.34. The Kier molecular flexibility index (Phi) is 4.56. The summed E-state index contributed by atoms with van der Waals surface area (Å²) in [4.78, 5) is 18.8. The highest BCUT2D eigenvalue weighted by molar-refractivity contribution is 5.25. The standard InChI is InChI=1S/C20H24N6O2/c27-20-8-7-19(25-11-9-21-14-25)22-26(20)12-15-4-3-10-24(15)13-17-16-5-1-2-6-18(16)28-23-17/h7-9,11,14-15H,1-6,10,12-13H2. The van der Waals surface area contributed by atoms with Gasteiger partial charge in [-0.05, 0) is 44.7 Å². The second-order valence-electron chi connectivity index (χ2n) is 7.69. The number of nitrogens with zero attached hydrogens (tertiary/aromatic N) is 6. The van der Waals surface area contributed by atoms with Gasteiger partial charge in [0, 0.05) is 43.0 Å². The zero-order valence-corrected chi connectivity index (χ0v) is 15.8. The van der Waals surface area contributed by atoms with Gasteiger partial charge in [0.05, 0.1) is 6.54 Å². The van der Waals surface area contributed by atoms with Crippen LogP contribution in [-0.4, -0.2) is 42.0 Å². The molecule has 1 unspecified atom stereocenters. The molecule has 0 amide bonds. The van der Waals surface area contributed by atoms with Crippen LogP contribution >= 0.6 is 0 Å². The molecule has 0 spiro atoms. The minimum atomic E-state index is -0.0745. The Morgan fingerprint density at radius 1 is 1.18 bits per heavy atom. The first-order chi connectivity index (χ1) is 13.8. The molecule has 3 aromatic heterocycles. The van der Waals surface area contributed by atoms with Gasteiger partial charge in [-0.15, -0.1) is 0 Å². The maximum absolute atomic E-state index is 12.4. The van der Waals surface area contributed by atoms with Gasteiger partial charge in [-0.25, -0.2) is 9.67 Å². The summed E-state index contributed by atoms with van der Waals surface area (Å²) in [5, 5.41) is 8.90. The van der Waals surface area contributed by atoms with Crippen LogP contribution in [0.5, 0.6) is 0 Å². The number of hydrogen-bond acceptors (Lipinski definition) is 6. The average molecular weight is 380 g/mol. The molecule has 1 aliphatic carbocycles. The number of rotatable bonds is 5. The van der Waals surface area contributed by atoms with Gasteiger partial charge in [0.15, 0.2) is 5.82 Å². The molecular weight excluding hydrogens is 356 g/mol. The van der Waals surface area contributed by atoms with E-state index in [4.69, 9.17) is 4.52 Å². The molecule has 8 nitrogen and oxygen atoms in total. The summed E-state index contributed by atoms with van der Waals surface area (Å²) in [5.74, 6) is 1.77. The molecule has 28 heavy (non-hydrogen) atoms. The van der Waals surface area contributed by atoms with Crippen molar-refractivity contribution in [3.05, 3.63) is 58.2 Å². The van der Waals surface area contributed by atoms with Crippen molar-refractivity contribution in [1.82, 2.24) is 29.4 Å². The summed E-state index contributed by atoms with van der Waals surface area (Å²) in [6.45, 7) is 2.39. The molecule has 146 valence electrons.